The van der Waals surface area contributed by atoms with Gasteiger partial charge in [0.2, 0.25) is 0 Å². The first-order chi connectivity index (χ1) is 5.54. The maximum atomic E-state index is 11.3. The van der Waals surface area contributed by atoms with Crippen molar-refractivity contribution in [1.82, 2.24) is 14.7 Å². The molecule has 0 fully saturated rings. The fraction of sp³-hybridized carbons (Fsp3) is 0.429. The zero-order valence-electron chi connectivity index (χ0n) is 7.20. The molecule has 0 aliphatic rings. The summed E-state index contributed by atoms with van der Waals surface area (Å²) < 4.78 is 1.29. The van der Waals surface area contributed by atoms with Gasteiger partial charge in [0, 0.05) is 21.1 Å². The average Bonchev–Trinajstić information content (AvgIpc) is 2.30. The molecule has 5 heteroatoms. The maximum Gasteiger partial charge on any atom is 0.275 e. The van der Waals surface area contributed by atoms with E-state index in [2.05, 4.69) is 11.3 Å². The van der Waals surface area contributed by atoms with Crippen LogP contribution in [-0.2, 0) is 7.05 Å². The number of rotatable bonds is 1. The molecule has 1 aromatic rings. The Labute approximate surface area is 70.2 Å². The van der Waals surface area contributed by atoms with Gasteiger partial charge in [0.15, 0.2) is 17.6 Å². The molecule has 0 saturated carbocycles. The van der Waals surface area contributed by atoms with Crippen LogP contribution in [0.1, 0.15) is 10.5 Å². The summed E-state index contributed by atoms with van der Waals surface area (Å²) in [5, 5.41) is 12.8. The van der Waals surface area contributed by atoms with E-state index in [0.29, 0.717) is 0 Å². The van der Waals surface area contributed by atoms with Crippen LogP contribution < -0.4 is 0 Å². The van der Waals surface area contributed by atoms with Crippen LogP contribution in [-0.4, -0.2) is 39.8 Å². The second-order valence-corrected chi connectivity index (χ2v) is 2.63. The van der Waals surface area contributed by atoms with E-state index >= 15 is 0 Å². The average molecular weight is 168 g/mol. The van der Waals surface area contributed by atoms with Crippen LogP contribution in [0.15, 0.2) is 0 Å². The Balaban J connectivity index is 3.09. The lowest BCUT2D eigenvalue weighted by molar-refractivity contribution is 0.0814. The van der Waals surface area contributed by atoms with E-state index in [1.54, 1.807) is 21.1 Å². The second-order valence-electron chi connectivity index (χ2n) is 2.63. The van der Waals surface area contributed by atoms with Gasteiger partial charge in [-0.25, -0.2) is 0 Å². The number of hydrogen-bond acceptors (Lipinski definition) is 3. The molecule has 5 nitrogen and oxygen atoms in total. The normalized spacial score (nSPS) is 9.92. The van der Waals surface area contributed by atoms with Gasteiger partial charge in [-0.05, 0) is 0 Å². The van der Waals surface area contributed by atoms with Gasteiger partial charge >= 0.3 is 0 Å². The molecule has 1 amide bonds. The second kappa shape index (κ2) is 2.84. The van der Waals surface area contributed by atoms with Crippen LogP contribution in [0, 0.1) is 6.20 Å². The van der Waals surface area contributed by atoms with Crippen molar-refractivity contribution in [2.45, 2.75) is 0 Å². The summed E-state index contributed by atoms with van der Waals surface area (Å²) in [5.41, 5.74) is 0.153. The largest absolute Gasteiger partial charge is 0.504 e. The predicted octanol–water partition coefficient (Wildman–Crippen LogP) is -0.372. The Hall–Kier alpha value is -1.52. The molecular weight excluding hydrogens is 158 g/mol. The van der Waals surface area contributed by atoms with Crippen LogP contribution in [0.5, 0.6) is 5.75 Å². The zero-order chi connectivity index (χ0) is 9.30. The standard InChI is InChI=1S/C7H10N3O2/c1-9(2)7(12)6-5(11)4-8-10(6)3/h11H,1-3H3. The molecular formula is C7H10N3O2. The first kappa shape index (κ1) is 8.58. The summed E-state index contributed by atoms with van der Waals surface area (Å²) >= 11 is 0. The molecule has 0 saturated heterocycles. The van der Waals surface area contributed by atoms with E-state index in [9.17, 15) is 4.79 Å². The van der Waals surface area contributed by atoms with Gasteiger partial charge < -0.3 is 10.0 Å². The van der Waals surface area contributed by atoms with Crippen LogP contribution in [0.4, 0.5) is 0 Å². The lowest BCUT2D eigenvalue weighted by Gasteiger charge is -2.09. The van der Waals surface area contributed by atoms with Crippen molar-refractivity contribution in [2.24, 2.45) is 7.05 Å². The van der Waals surface area contributed by atoms with E-state index in [1.165, 1.54) is 9.58 Å². The Morgan fingerprint density at radius 1 is 1.67 bits per heavy atom. The Bertz CT molecular complexity index is 284. The van der Waals surface area contributed by atoms with Crippen LogP contribution >= 0.6 is 0 Å². The SMILES string of the molecule is CN(C)C(=O)c1c(O)[c]nn1C. The first-order valence-corrected chi connectivity index (χ1v) is 3.39. The van der Waals surface area contributed by atoms with Gasteiger partial charge in [-0.15, -0.1) is 0 Å². The molecule has 0 bridgehead atoms. The maximum absolute atomic E-state index is 11.3. The third-order valence-electron chi connectivity index (χ3n) is 1.46. The number of aromatic nitrogens is 2. The number of aryl methyl sites for hydroxylation is 1. The molecule has 0 aromatic carbocycles. The molecule has 1 heterocycles. The van der Waals surface area contributed by atoms with E-state index in [-0.39, 0.29) is 17.4 Å². The van der Waals surface area contributed by atoms with Gasteiger partial charge in [0.25, 0.3) is 5.91 Å². The predicted molar refractivity (Wildman–Crippen MR) is 41.7 cm³/mol. The van der Waals surface area contributed by atoms with Crippen molar-refractivity contribution >= 4 is 5.91 Å². The highest BCUT2D eigenvalue weighted by Crippen LogP contribution is 2.14. The van der Waals surface area contributed by atoms with E-state index in [4.69, 9.17) is 5.11 Å². The highest BCUT2D eigenvalue weighted by molar-refractivity contribution is 5.94. The fourth-order valence-corrected chi connectivity index (χ4v) is 0.830. The molecule has 0 aliphatic carbocycles. The third kappa shape index (κ3) is 1.25. The summed E-state index contributed by atoms with van der Waals surface area (Å²) in [5.74, 6) is -0.500. The Kier molecular flexibility index (Phi) is 2.03. The first-order valence-electron chi connectivity index (χ1n) is 3.39. The van der Waals surface area contributed by atoms with Crippen molar-refractivity contribution in [1.29, 1.82) is 0 Å². The molecule has 0 unspecified atom stereocenters. The van der Waals surface area contributed by atoms with E-state index in [0.717, 1.165) is 0 Å². The molecule has 0 aliphatic heterocycles. The third-order valence-corrected chi connectivity index (χ3v) is 1.46. The number of nitrogens with zero attached hydrogens (tertiary/aromatic N) is 3. The van der Waals surface area contributed by atoms with Crippen molar-refractivity contribution in [2.75, 3.05) is 14.1 Å². The molecule has 1 rings (SSSR count). The molecule has 1 radical (unpaired) electrons. The topological polar surface area (TPSA) is 58.4 Å². The molecule has 12 heavy (non-hydrogen) atoms. The van der Waals surface area contributed by atoms with Gasteiger partial charge in [-0.2, -0.15) is 5.10 Å². The van der Waals surface area contributed by atoms with Gasteiger partial charge in [-0.1, -0.05) is 0 Å². The van der Waals surface area contributed by atoms with Crippen molar-refractivity contribution < 1.29 is 9.90 Å². The van der Waals surface area contributed by atoms with Crippen molar-refractivity contribution in [3.63, 3.8) is 0 Å². The number of aromatic hydroxyl groups is 1. The molecule has 65 valence electrons. The highest BCUT2D eigenvalue weighted by Gasteiger charge is 2.17. The number of amides is 1. The van der Waals surface area contributed by atoms with Crippen molar-refractivity contribution in [3.05, 3.63) is 11.9 Å². The minimum absolute atomic E-state index is 0.153. The Morgan fingerprint density at radius 3 is 2.58 bits per heavy atom. The summed E-state index contributed by atoms with van der Waals surface area (Å²) in [7, 11) is 4.79. The molecule has 0 atom stereocenters. The monoisotopic (exact) mass is 168 g/mol. The van der Waals surface area contributed by atoms with E-state index < -0.39 is 0 Å². The van der Waals surface area contributed by atoms with E-state index in [1.807, 2.05) is 0 Å². The summed E-state index contributed by atoms with van der Waals surface area (Å²) in [6, 6.07) is 0. The smallest absolute Gasteiger partial charge is 0.275 e. The summed E-state index contributed by atoms with van der Waals surface area (Å²) in [6.07, 6.45) is 2.29. The van der Waals surface area contributed by atoms with Crippen LogP contribution in [0.25, 0.3) is 0 Å². The summed E-state index contributed by atoms with van der Waals surface area (Å²) in [6.45, 7) is 0. The zero-order valence-corrected chi connectivity index (χ0v) is 7.20. The minimum Gasteiger partial charge on any atom is -0.504 e. The molecule has 1 N–H and O–H groups in total. The lowest BCUT2D eigenvalue weighted by Crippen LogP contribution is -2.24. The molecule has 0 spiro atoms. The quantitative estimate of drug-likeness (QED) is 0.622. The summed E-state index contributed by atoms with van der Waals surface area (Å²) in [4.78, 5) is 12.7. The number of hydrogen-bond donors (Lipinski definition) is 1. The number of carbonyl (C=O) groups is 1. The van der Waals surface area contributed by atoms with Gasteiger partial charge in [0.05, 0.1) is 0 Å². The van der Waals surface area contributed by atoms with Gasteiger partial charge in [-0.3, -0.25) is 9.48 Å². The van der Waals surface area contributed by atoms with Gasteiger partial charge in [0.1, 0.15) is 0 Å². The molecule has 1 aromatic heterocycles. The highest BCUT2D eigenvalue weighted by atomic mass is 16.3. The fourth-order valence-electron chi connectivity index (χ4n) is 0.830. The lowest BCUT2D eigenvalue weighted by atomic mass is 10.3. The Morgan fingerprint density at radius 2 is 2.25 bits per heavy atom. The number of carbonyl (C=O) groups excluding carboxylic acids is 1. The minimum atomic E-state index is -0.288. The van der Waals surface area contributed by atoms with Crippen LogP contribution in [0.2, 0.25) is 0 Å². The van der Waals surface area contributed by atoms with Crippen molar-refractivity contribution in [3.8, 4) is 5.75 Å². The van der Waals surface area contributed by atoms with Crippen LogP contribution in [0.3, 0.4) is 0 Å².